The Morgan fingerprint density at radius 3 is 2.68 bits per heavy atom. The van der Waals surface area contributed by atoms with Crippen molar-refractivity contribution < 1.29 is 9.50 Å². The van der Waals surface area contributed by atoms with E-state index in [1.165, 1.54) is 12.1 Å². The monoisotopic (exact) mass is 255 g/mol. The SMILES string of the molecule is Cc1cc(C)c(O)c(Cc2c(F)cccc2C#N)c1. The van der Waals surface area contributed by atoms with Crippen molar-refractivity contribution in [2.45, 2.75) is 20.3 Å². The molecule has 0 aliphatic heterocycles. The first kappa shape index (κ1) is 13.1. The average Bonchev–Trinajstić information content (AvgIpc) is 2.37. The Morgan fingerprint density at radius 2 is 2.00 bits per heavy atom. The third-order valence-electron chi connectivity index (χ3n) is 3.13. The highest BCUT2D eigenvalue weighted by atomic mass is 19.1. The molecule has 2 aromatic carbocycles. The Bertz CT molecular complexity index is 671. The van der Waals surface area contributed by atoms with Gasteiger partial charge in [0.25, 0.3) is 0 Å². The molecule has 0 saturated carbocycles. The second kappa shape index (κ2) is 5.11. The molecule has 2 nitrogen and oxygen atoms in total. The lowest BCUT2D eigenvalue weighted by molar-refractivity contribution is 0.464. The molecule has 2 rings (SSSR count). The highest BCUT2D eigenvalue weighted by Crippen LogP contribution is 2.27. The lowest BCUT2D eigenvalue weighted by atomic mass is 9.96. The Labute approximate surface area is 111 Å². The molecule has 0 bridgehead atoms. The first-order chi connectivity index (χ1) is 9.02. The van der Waals surface area contributed by atoms with Crippen LogP contribution < -0.4 is 0 Å². The van der Waals surface area contributed by atoms with E-state index in [-0.39, 0.29) is 12.2 Å². The number of phenols is 1. The van der Waals surface area contributed by atoms with E-state index < -0.39 is 5.82 Å². The lowest BCUT2D eigenvalue weighted by Gasteiger charge is -2.11. The average molecular weight is 255 g/mol. The van der Waals surface area contributed by atoms with Crippen LogP contribution in [0.3, 0.4) is 0 Å². The van der Waals surface area contributed by atoms with Crippen LogP contribution in [0, 0.1) is 31.0 Å². The molecule has 0 spiro atoms. The molecule has 19 heavy (non-hydrogen) atoms. The summed E-state index contributed by atoms with van der Waals surface area (Å²) in [5.74, 6) is -0.254. The fraction of sp³-hybridized carbons (Fsp3) is 0.188. The first-order valence-electron chi connectivity index (χ1n) is 5.99. The van der Waals surface area contributed by atoms with E-state index in [0.29, 0.717) is 16.7 Å². The van der Waals surface area contributed by atoms with Gasteiger partial charge in [0.15, 0.2) is 0 Å². The van der Waals surface area contributed by atoms with Crippen LogP contribution in [0.4, 0.5) is 4.39 Å². The van der Waals surface area contributed by atoms with Gasteiger partial charge in [0, 0.05) is 12.0 Å². The highest BCUT2D eigenvalue weighted by Gasteiger charge is 2.13. The van der Waals surface area contributed by atoms with E-state index in [4.69, 9.17) is 5.26 Å². The summed E-state index contributed by atoms with van der Waals surface area (Å²) in [5, 5.41) is 19.1. The van der Waals surface area contributed by atoms with Gasteiger partial charge in [-0.1, -0.05) is 23.8 Å². The molecule has 0 unspecified atom stereocenters. The third-order valence-corrected chi connectivity index (χ3v) is 3.13. The summed E-state index contributed by atoms with van der Waals surface area (Å²) >= 11 is 0. The van der Waals surface area contributed by atoms with Crippen LogP contribution in [0.25, 0.3) is 0 Å². The molecular weight excluding hydrogens is 241 g/mol. The van der Waals surface area contributed by atoms with E-state index in [2.05, 4.69) is 0 Å². The zero-order valence-corrected chi connectivity index (χ0v) is 10.9. The summed E-state index contributed by atoms with van der Waals surface area (Å²) in [7, 11) is 0. The Hall–Kier alpha value is -2.34. The van der Waals surface area contributed by atoms with Gasteiger partial charge in [-0.3, -0.25) is 0 Å². The van der Waals surface area contributed by atoms with Crippen molar-refractivity contribution in [3.63, 3.8) is 0 Å². The van der Waals surface area contributed by atoms with Gasteiger partial charge in [-0.15, -0.1) is 0 Å². The van der Waals surface area contributed by atoms with Crippen LogP contribution in [0.5, 0.6) is 5.75 Å². The standard InChI is InChI=1S/C16H14FNO/c1-10-6-11(2)16(19)13(7-10)8-14-12(9-18)4-3-5-15(14)17/h3-7,19H,8H2,1-2H3. The van der Waals surface area contributed by atoms with Crippen LogP contribution in [0.2, 0.25) is 0 Å². The molecular formula is C16H14FNO. The van der Waals surface area contributed by atoms with Crippen molar-refractivity contribution in [3.8, 4) is 11.8 Å². The fourth-order valence-corrected chi connectivity index (χ4v) is 2.22. The maximum absolute atomic E-state index is 13.8. The number of hydrogen-bond donors (Lipinski definition) is 1. The van der Waals surface area contributed by atoms with Gasteiger partial charge in [0.1, 0.15) is 11.6 Å². The van der Waals surface area contributed by atoms with E-state index >= 15 is 0 Å². The number of phenolic OH excluding ortho intramolecular Hbond substituents is 1. The number of aryl methyl sites for hydroxylation is 2. The molecule has 3 heteroatoms. The van der Waals surface area contributed by atoms with E-state index in [1.54, 1.807) is 13.0 Å². The molecule has 0 aliphatic carbocycles. The summed E-state index contributed by atoms with van der Waals surface area (Å²) in [6, 6.07) is 10.1. The Kier molecular flexibility index (Phi) is 3.52. The van der Waals surface area contributed by atoms with Gasteiger partial charge in [-0.2, -0.15) is 5.26 Å². The van der Waals surface area contributed by atoms with Crippen molar-refractivity contribution in [3.05, 3.63) is 64.0 Å². The van der Waals surface area contributed by atoms with E-state index in [1.807, 2.05) is 25.1 Å². The van der Waals surface area contributed by atoms with Gasteiger partial charge >= 0.3 is 0 Å². The number of halogens is 1. The van der Waals surface area contributed by atoms with Crippen molar-refractivity contribution in [2.24, 2.45) is 0 Å². The second-order valence-corrected chi connectivity index (χ2v) is 4.64. The minimum atomic E-state index is -0.419. The number of nitrogens with zero attached hydrogens (tertiary/aromatic N) is 1. The van der Waals surface area contributed by atoms with Gasteiger partial charge in [-0.05, 0) is 37.1 Å². The molecule has 0 aliphatic rings. The summed E-state index contributed by atoms with van der Waals surface area (Å²) in [6.07, 6.45) is 0.212. The summed E-state index contributed by atoms with van der Waals surface area (Å²) in [5.41, 5.74) is 3.02. The lowest BCUT2D eigenvalue weighted by Crippen LogP contribution is -1.98. The van der Waals surface area contributed by atoms with E-state index in [9.17, 15) is 9.50 Å². The number of nitriles is 1. The maximum atomic E-state index is 13.8. The van der Waals surface area contributed by atoms with Crippen LogP contribution in [0.1, 0.15) is 27.8 Å². The number of hydrogen-bond acceptors (Lipinski definition) is 2. The predicted octanol–water partition coefficient (Wildman–Crippen LogP) is 3.61. The quantitative estimate of drug-likeness (QED) is 0.890. The van der Waals surface area contributed by atoms with Gasteiger partial charge in [-0.25, -0.2) is 4.39 Å². The van der Waals surface area contributed by atoms with Crippen LogP contribution in [0.15, 0.2) is 30.3 Å². The molecule has 96 valence electrons. The molecule has 2 aromatic rings. The van der Waals surface area contributed by atoms with Crippen LogP contribution in [-0.4, -0.2) is 5.11 Å². The topological polar surface area (TPSA) is 44.0 Å². The predicted molar refractivity (Wildman–Crippen MR) is 71.5 cm³/mol. The fourth-order valence-electron chi connectivity index (χ4n) is 2.22. The molecule has 0 saturated heterocycles. The van der Waals surface area contributed by atoms with Gasteiger partial charge in [0.2, 0.25) is 0 Å². The van der Waals surface area contributed by atoms with Crippen molar-refractivity contribution in [1.82, 2.24) is 0 Å². The van der Waals surface area contributed by atoms with Gasteiger partial charge < -0.3 is 5.11 Å². The number of rotatable bonds is 2. The molecule has 0 fully saturated rings. The van der Waals surface area contributed by atoms with E-state index in [0.717, 1.165) is 11.1 Å². The Morgan fingerprint density at radius 1 is 1.26 bits per heavy atom. The van der Waals surface area contributed by atoms with Gasteiger partial charge in [0.05, 0.1) is 11.6 Å². The molecule has 0 radical (unpaired) electrons. The van der Waals surface area contributed by atoms with Crippen molar-refractivity contribution in [2.75, 3.05) is 0 Å². The summed E-state index contributed by atoms with van der Waals surface area (Å²) < 4.78 is 13.8. The number of benzene rings is 2. The maximum Gasteiger partial charge on any atom is 0.128 e. The molecule has 0 amide bonds. The summed E-state index contributed by atoms with van der Waals surface area (Å²) in [6.45, 7) is 3.72. The molecule has 1 N–H and O–H groups in total. The minimum Gasteiger partial charge on any atom is -0.507 e. The summed E-state index contributed by atoms with van der Waals surface area (Å²) in [4.78, 5) is 0. The van der Waals surface area contributed by atoms with Crippen molar-refractivity contribution >= 4 is 0 Å². The van der Waals surface area contributed by atoms with Crippen LogP contribution in [-0.2, 0) is 6.42 Å². The largest absolute Gasteiger partial charge is 0.507 e. The first-order valence-corrected chi connectivity index (χ1v) is 5.99. The molecule has 0 atom stereocenters. The normalized spacial score (nSPS) is 10.2. The third kappa shape index (κ3) is 2.58. The van der Waals surface area contributed by atoms with Crippen molar-refractivity contribution in [1.29, 1.82) is 5.26 Å². The number of aromatic hydroxyl groups is 1. The zero-order valence-electron chi connectivity index (χ0n) is 10.9. The van der Waals surface area contributed by atoms with Crippen LogP contribution >= 0.6 is 0 Å². The highest BCUT2D eigenvalue weighted by molar-refractivity contribution is 5.48. The zero-order chi connectivity index (χ0) is 14.0. The Balaban J connectivity index is 2.51. The molecule has 0 aromatic heterocycles. The smallest absolute Gasteiger partial charge is 0.128 e. The molecule has 0 heterocycles. The minimum absolute atomic E-state index is 0.165. The second-order valence-electron chi connectivity index (χ2n) is 4.64.